The number of methoxy groups -OCH3 is 1. The van der Waals surface area contributed by atoms with Gasteiger partial charge in [-0.05, 0) is 18.6 Å². The summed E-state index contributed by atoms with van der Waals surface area (Å²) in [4.78, 5) is 11.4. The maximum Gasteiger partial charge on any atom is 0.316 e. The van der Waals surface area contributed by atoms with E-state index < -0.39 is 11.7 Å². The fraction of sp³-hybridized carbons (Fsp3) is 0.364. The van der Waals surface area contributed by atoms with Gasteiger partial charge in [-0.1, -0.05) is 6.07 Å². The third kappa shape index (κ3) is 1.46. The smallest absolute Gasteiger partial charge is 0.316 e. The topological polar surface area (TPSA) is 35.5 Å². The van der Waals surface area contributed by atoms with Crippen molar-refractivity contribution in [2.24, 2.45) is 0 Å². The van der Waals surface area contributed by atoms with Crippen LogP contribution >= 0.6 is 0 Å². The van der Waals surface area contributed by atoms with E-state index >= 15 is 0 Å². The quantitative estimate of drug-likeness (QED) is 0.663. The highest BCUT2D eigenvalue weighted by Gasteiger charge is 2.34. The van der Waals surface area contributed by atoms with Crippen LogP contribution in [0.2, 0.25) is 0 Å². The van der Waals surface area contributed by atoms with Gasteiger partial charge in [0.15, 0.2) is 11.6 Å². The minimum atomic E-state index is -0.499. The first kappa shape index (κ1) is 9.96. The first-order valence-electron chi connectivity index (χ1n) is 4.64. The maximum absolute atomic E-state index is 13.3. The summed E-state index contributed by atoms with van der Waals surface area (Å²) < 4.78 is 23.1. The molecule has 0 bridgehead atoms. The molecule has 0 saturated heterocycles. The Kier molecular flexibility index (Phi) is 2.34. The van der Waals surface area contributed by atoms with E-state index in [0.29, 0.717) is 5.56 Å². The zero-order chi connectivity index (χ0) is 11.0. The number of carbonyl (C=O) groups excluding carboxylic acids is 1. The van der Waals surface area contributed by atoms with E-state index in [0.717, 1.165) is 5.56 Å². The van der Waals surface area contributed by atoms with Crippen LogP contribution in [-0.4, -0.2) is 19.7 Å². The molecule has 1 unspecified atom stereocenters. The Morgan fingerprint density at radius 3 is 3.00 bits per heavy atom. The van der Waals surface area contributed by atoms with E-state index in [1.54, 1.807) is 6.07 Å². The predicted octanol–water partition coefficient (Wildman–Crippen LogP) is 1.78. The number of ether oxygens (including phenoxy) is 2. The molecule has 1 aliphatic rings. The number of halogens is 1. The van der Waals surface area contributed by atoms with Crippen molar-refractivity contribution in [1.29, 1.82) is 0 Å². The fourth-order valence-electron chi connectivity index (χ4n) is 1.83. The molecule has 0 amide bonds. The molecular weight excluding hydrogens is 199 g/mol. The van der Waals surface area contributed by atoms with Gasteiger partial charge in [0.05, 0.1) is 7.11 Å². The van der Waals surface area contributed by atoms with Crippen LogP contribution in [-0.2, 0) is 9.53 Å². The van der Waals surface area contributed by atoms with Gasteiger partial charge in [0.25, 0.3) is 0 Å². The summed E-state index contributed by atoms with van der Waals surface area (Å²) in [5.41, 5.74) is 1.46. The lowest BCUT2D eigenvalue weighted by Gasteiger charge is -2.08. The summed E-state index contributed by atoms with van der Waals surface area (Å²) in [7, 11) is 1.31. The van der Waals surface area contributed by atoms with Crippen LogP contribution in [0.3, 0.4) is 0 Å². The van der Waals surface area contributed by atoms with Gasteiger partial charge >= 0.3 is 5.97 Å². The molecule has 1 aromatic carbocycles. The van der Waals surface area contributed by atoms with Crippen LogP contribution in [0.25, 0.3) is 0 Å². The van der Waals surface area contributed by atoms with Gasteiger partial charge in [-0.25, -0.2) is 4.39 Å². The van der Waals surface area contributed by atoms with E-state index in [4.69, 9.17) is 4.74 Å². The highest BCUT2D eigenvalue weighted by Crippen LogP contribution is 2.38. The van der Waals surface area contributed by atoms with Crippen LogP contribution in [0.1, 0.15) is 17.0 Å². The van der Waals surface area contributed by atoms with E-state index in [9.17, 15) is 9.18 Å². The van der Waals surface area contributed by atoms with Gasteiger partial charge in [-0.3, -0.25) is 4.79 Å². The van der Waals surface area contributed by atoms with Crippen molar-refractivity contribution in [3.05, 3.63) is 29.1 Å². The SMILES string of the molecule is COC(=O)C1COc2c(F)ccc(C)c21. The zero-order valence-electron chi connectivity index (χ0n) is 8.54. The number of esters is 1. The molecule has 1 atom stereocenters. The van der Waals surface area contributed by atoms with Crippen LogP contribution in [0.15, 0.2) is 12.1 Å². The molecule has 15 heavy (non-hydrogen) atoms. The lowest BCUT2D eigenvalue weighted by Crippen LogP contribution is -2.15. The molecular formula is C11H11FO3. The number of aryl methyl sites for hydroxylation is 1. The Morgan fingerprint density at radius 2 is 2.33 bits per heavy atom. The Balaban J connectivity index is 2.50. The van der Waals surface area contributed by atoms with Crippen molar-refractivity contribution >= 4 is 5.97 Å². The minimum absolute atomic E-state index is 0.157. The van der Waals surface area contributed by atoms with Gasteiger partial charge in [-0.2, -0.15) is 0 Å². The molecule has 0 aliphatic carbocycles. The van der Waals surface area contributed by atoms with Crippen LogP contribution in [0.5, 0.6) is 5.75 Å². The largest absolute Gasteiger partial charge is 0.489 e. The number of fused-ring (bicyclic) bond motifs is 1. The minimum Gasteiger partial charge on any atom is -0.489 e. The van der Waals surface area contributed by atoms with Crippen molar-refractivity contribution in [2.75, 3.05) is 13.7 Å². The van der Waals surface area contributed by atoms with Gasteiger partial charge < -0.3 is 9.47 Å². The normalized spacial score (nSPS) is 18.2. The van der Waals surface area contributed by atoms with Crippen molar-refractivity contribution in [2.45, 2.75) is 12.8 Å². The van der Waals surface area contributed by atoms with Crippen LogP contribution in [0.4, 0.5) is 4.39 Å². The van der Waals surface area contributed by atoms with Gasteiger partial charge in [0.1, 0.15) is 12.5 Å². The number of benzene rings is 1. The average Bonchev–Trinajstić information content (AvgIpc) is 2.68. The highest BCUT2D eigenvalue weighted by molar-refractivity contribution is 5.81. The summed E-state index contributed by atoms with van der Waals surface area (Å²) in [6.45, 7) is 1.98. The average molecular weight is 210 g/mol. The van der Waals surface area contributed by atoms with Gasteiger partial charge in [0, 0.05) is 5.56 Å². The third-order valence-electron chi connectivity index (χ3n) is 2.59. The Hall–Kier alpha value is -1.58. The van der Waals surface area contributed by atoms with Crippen molar-refractivity contribution in [3.63, 3.8) is 0 Å². The first-order valence-corrected chi connectivity index (χ1v) is 4.64. The molecule has 1 heterocycles. The zero-order valence-corrected chi connectivity index (χ0v) is 8.54. The molecule has 2 rings (SSSR count). The predicted molar refractivity (Wildman–Crippen MR) is 51.4 cm³/mol. The number of rotatable bonds is 1. The summed E-state index contributed by atoms with van der Waals surface area (Å²) >= 11 is 0. The Morgan fingerprint density at radius 1 is 1.60 bits per heavy atom. The standard InChI is InChI=1S/C11H11FO3/c1-6-3-4-8(12)10-9(6)7(5-15-10)11(13)14-2/h3-4,7H,5H2,1-2H3. The summed E-state index contributed by atoms with van der Waals surface area (Å²) in [5, 5.41) is 0. The first-order chi connectivity index (χ1) is 7.15. The lowest BCUT2D eigenvalue weighted by molar-refractivity contribution is -0.142. The molecule has 0 aromatic heterocycles. The summed E-state index contributed by atoms with van der Waals surface area (Å²) in [6, 6.07) is 2.98. The molecule has 0 spiro atoms. The van der Waals surface area contributed by atoms with Crippen molar-refractivity contribution in [3.8, 4) is 5.75 Å². The molecule has 0 fully saturated rings. The third-order valence-corrected chi connectivity index (χ3v) is 2.59. The molecule has 0 N–H and O–H groups in total. The summed E-state index contributed by atoms with van der Waals surface area (Å²) in [6.07, 6.45) is 0. The second-order valence-corrected chi connectivity index (χ2v) is 3.49. The van der Waals surface area contributed by atoms with E-state index in [-0.39, 0.29) is 18.3 Å². The molecule has 80 valence electrons. The van der Waals surface area contributed by atoms with Crippen molar-refractivity contribution < 1.29 is 18.7 Å². The Bertz CT molecular complexity index is 415. The van der Waals surface area contributed by atoms with Gasteiger partial charge in [-0.15, -0.1) is 0 Å². The van der Waals surface area contributed by atoms with Gasteiger partial charge in [0.2, 0.25) is 0 Å². The molecule has 0 saturated carbocycles. The molecule has 1 aliphatic heterocycles. The maximum atomic E-state index is 13.3. The lowest BCUT2D eigenvalue weighted by atomic mass is 9.96. The molecule has 1 aromatic rings. The van der Waals surface area contributed by atoms with Crippen LogP contribution in [0, 0.1) is 12.7 Å². The molecule has 4 heteroatoms. The molecule has 0 radical (unpaired) electrons. The highest BCUT2D eigenvalue weighted by atomic mass is 19.1. The fourth-order valence-corrected chi connectivity index (χ4v) is 1.83. The Labute approximate surface area is 86.8 Å². The van der Waals surface area contributed by atoms with E-state index in [1.165, 1.54) is 13.2 Å². The monoisotopic (exact) mass is 210 g/mol. The van der Waals surface area contributed by atoms with E-state index in [2.05, 4.69) is 4.74 Å². The second-order valence-electron chi connectivity index (χ2n) is 3.49. The van der Waals surface area contributed by atoms with E-state index in [1.807, 2.05) is 6.92 Å². The number of hydrogen-bond donors (Lipinski definition) is 0. The number of hydrogen-bond acceptors (Lipinski definition) is 3. The van der Waals surface area contributed by atoms with Crippen LogP contribution < -0.4 is 4.74 Å². The number of carbonyl (C=O) groups is 1. The summed E-state index contributed by atoms with van der Waals surface area (Å²) in [5.74, 6) is -1.13. The second kappa shape index (κ2) is 3.53. The van der Waals surface area contributed by atoms with Crippen molar-refractivity contribution in [1.82, 2.24) is 0 Å². The molecule has 3 nitrogen and oxygen atoms in total.